The van der Waals surface area contributed by atoms with Gasteiger partial charge in [-0.05, 0) is 30.3 Å². The predicted molar refractivity (Wildman–Crippen MR) is 88.8 cm³/mol. The molecule has 25 heavy (non-hydrogen) atoms. The quantitative estimate of drug-likeness (QED) is 0.359. The normalized spacial score (nSPS) is 11.5. The van der Waals surface area contributed by atoms with E-state index in [0.29, 0.717) is 5.69 Å². The van der Waals surface area contributed by atoms with Gasteiger partial charge in [-0.25, -0.2) is 5.01 Å². The van der Waals surface area contributed by atoms with Crippen molar-refractivity contribution in [2.75, 3.05) is 19.2 Å². The van der Waals surface area contributed by atoms with E-state index in [1.165, 1.54) is 54.6 Å². The van der Waals surface area contributed by atoms with Crippen molar-refractivity contribution in [3.63, 3.8) is 0 Å². The fraction of sp³-hybridized carbons (Fsp3) is 0.143. The van der Waals surface area contributed by atoms with Gasteiger partial charge in [0.25, 0.3) is 15.8 Å². The van der Waals surface area contributed by atoms with Crippen molar-refractivity contribution < 1.29 is 22.6 Å². The lowest BCUT2D eigenvalue weighted by molar-refractivity contribution is -0.384. The van der Waals surface area contributed by atoms with Gasteiger partial charge in [-0.3, -0.25) is 14.7 Å². The second kappa shape index (κ2) is 7.23. The third-order valence-electron chi connectivity index (χ3n) is 3.17. The fourth-order valence-electron chi connectivity index (χ4n) is 1.86. The summed E-state index contributed by atoms with van der Waals surface area (Å²) in [6.07, 6.45) is 0. The Balaban J connectivity index is 2.22. The number of ether oxygens (including phenoxy) is 1. The van der Waals surface area contributed by atoms with E-state index in [-0.39, 0.29) is 22.0 Å². The first-order chi connectivity index (χ1) is 11.7. The minimum absolute atomic E-state index is 0.134. The highest BCUT2D eigenvalue weighted by Gasteiger charge is 2.12. The molecule has 0 amide bonds. The Morgan fingerprint density at radius 1 is 1.20 bits per heavy atom. The van der Waals surface area contributed by atoms with E-state index in [0.717, 1.165) is 0 Å². The maximum atomic E-state index is 11.0. The Hall–Kier alpha value is -3.05. The summed E-state index contributed by atoms with van der Waals surface area (Å²) in [5.74, 6) is 0.188. The van der Waals surface area contributed by atoms with E-state index in [9.17, 15) is 18.5 Å². The molecule has 0 saturated heterocycles. The van der Waals surface area contributed by atoms with Gasteiger partial charge in [-0.2, -0.15) is 8.42 Å². The van der Waals surface area contributed by atoms with Crippen LogP contribution in [0.15, 0.2) is 57.7 Å². The number of non-ortho nitro benzene ring substituents is 1. The van der Waals surface area contributed by atoms with Crippen LogP contribution in [0.2, 0.25) is 0 Å². The van der Waals surface area contributed by atoms with E-state index in [1.54, 1.807) is 7.05 Å². The first kappa shape index (κ1) is 18.3. The number of hydrogen-bond acceptors (Lipinski definition) is 7. The first-order valence-corrected chi connectivity index (χ1v) is 8.22. The molecule has 10 nitrogen and oxygen atoms in total. The molecule has 0 heterocycles. The third-order valence-corrected chi connectivity index (χ3v) is 4.04. The Bertz CT molecular complexity index is 911. The van der Waals surface area contributed by atoms with E-state index < -0.39 is 15.0 Å². The average Bonchev–Trinajstić information content (AvgIpc) is 2.58. The zero-order valence-electron chi connectivity index (χ0n) is 13.2. The van der Waals surface area contributed by atoms with E-state index in [1.807, 2.05) is 0 Å². The van der Waals surface area contributed by atoms with Crippen LogP contribution < -0.4 is 9.75 Å². The zero-order valence-corrected chi connectivity index (χ0v) is 14.0. The number of rotatable bonds is 6. The van der Waals surface area contributed by atoms with Gasteiger partial charge in [0, 0.05) is 13.1 Å². The monoisotopic (exact) mass is 366 g/mol. The summed E-state index contributed by atoms with van der Waals surface area (Å²) in [6, 6.07) is 9.24. The van der Waals surface area contributed by atoms with Crippen LogP contribution in [0.25, 0.3) is 0 Å². The van der Waals surface area contributed by atoms with Gasteiger partial charge in [0.2, 0.25) is 0 Å². The van der Waals surface area contributed by atoms with Crippen LogP contribution in [-0.2, 0) is 10.1 Å². The molecule has 0 aliphatic rings. The van der Waals surface area contributed by atoms with Crippen LogP contribution in [0.4, 0.5) is 17.1 Å². The Labute approximate surface area is 143 Å². The number of anilines is 1. The number of nitrogens with zero attached hydrogens (tertiary/aromatic N) is 4. The molecule has 0 aliphatic carbocycles. The highest BCUT2D eigenvalue weighted by molar-refractivity contribution is 7.85. The molecular formula is C14H14N4O6S. The maximum Gasteiger partial charge on any atom is 0.294 e. The number of nitro groups is 1. The predicted octanol–water partition coefficient (Wildman–Crippen LogP) is 2.99. The van der Waals surface area contributed by atoms with Gasteiger partial charge in [-0.1, -0.05) is 5.22 Å². The molecule has 1 N–H and O–H groups in total. The third kappa shape index (κ3) is 4.49. The lowest BCUT2D eigenvalue weighted by atomic mass is 10.2. The number of benzene rings is 2. The lowest BCUT2D eigenvalue weighted by Crippen LogP contribution is -2.07. The summed E-state index contributed by atoms with van der Waals surface area (Å²) < 4.78 is 36.0. The van der Waals surface area contributed by atoms with Gasteiger partial charge < -0.3 is 4.74 Å². The zero-order chi connectivity index (χ0) is 18.6. The van der Waals surface area contributed by atoms with Crippen LogP contribution in [0.3, 0.4) is 0 Å². The second-order valence-electron chi connectivity index (χ2n) is 4.80. The molecule has 11 heteroatoms. The standard InChI is InChI=1S/C14H14N4O6S/c1-17(10-3-6-12(7-4-10)25(21,22)23)16-15-13-8-5-11(18(19)20)9-14(13)24-2/h3-9H,1-2H3,(H,21,22,23). The second-order valence-corrected chi connectivity index (χ2v) is 6.22. The first-order valence-electron chi connectivity index (χ1n) is 6.77. The molecule has 0 saturated carbocycles. The molecule has 0 radical (unpaired) electrons. The molecule has 0 unspecified atom stereocenters. The van der Waals surface area contributed by atoms with Crippen molar-refractivity contribution in [2.45, 2.75) is 4.90 Å². The SMILES string of the molecule is COc1cc([N+](=O)[O-])ccc1N=NN(C)c1ccc(S(=O)(=O)O)cc1. The smallest absolute Gasteiger partial charge is 0.294 e. The van der Waals surface area contributed by atoms with Crippen LogP contribution in [0.1, 0.15) is 0 Å². The van der Waals surface area contributed by atoms with Crippen LogP contribution >= 0.6 is 0 Å². The van der Waals surface area contributed by atoms with Crippen molar-refractivity contribution >= 4 is 27.2 Å². The molecule has 2 aromatic carbocycles. The molecule has 0 bridgehead atoms. The Morgan fingerprint density at radius 3 is 2.36 bits per heavy atom. The molecule has 0 atom stereocenters. The summed E-state index contributed by atoms with van der Waals surface area (Å²) >= 11 is 0. The van der Waals surface area contributed by atoms with Crippen molar-refractivity contribution in [1.29, 1.82) is 0 Å². The summed E-state index contributed by atoms with van der Waals surface area (Å²) in [5.41, 5.74) is 0.663. The summed E-state index contributed by atoms with van der Waals surface area (Å²) in [6.45, 7) is 0. The van der Waals surface area contributed by atoms with E-state index in [4.69, 9.17) is 9.29 Å². The topological polar surface area (TPSA) is 135 Å². The van der Waals surface area contributed by atoms with E-state index >= 15 is 0 Å². The van der Waals surface area contributed by atoms with Gasteiger partial charge in [-0.15, -0.1) is 5.11 Å². The summed E-state index contributed by atoms with van der Waals surface area (Å²) in [7, 11) is -1.33. The number of nitro benzene ring substituents is 1. The largest absolute Gasteiger partial charge is 0.494 e. The van der Waals surface area contributed by atoms with Crippen molar-refractivity contribution in [3.05, 3.63) is 52.6 Å². The molecular weight excluding hydrogens is 352 g/mol. The summed E-state index contributed by atoms with van der Waals surface area (Å²) in [4.78, 5) is 9.97. The molecule has 0 aromatic heterocycles. The molecule has 0 fully saturated rings. The van der Waals surface area contributed by atoms with Crippen molar-refractivity contribution in [1.82, 2.24) is 0 Å². The van der Waals surface area contributed by atoms with Gasteiger partial charge in [0.1, 0.15) is 5.69 Å². The molecule has 132 valence electrons. The van der Waals surface area contributed by atoms with Crippen LogP contribution in [0.5, 0.6) is 5.75 Å². The average molecular weight is 366 g/mol. The molecule has 2 rings (SSSR count). The number of methoxy groups -OCH3 is 1. The minimum Gasteiger partial charge on any atom is -0.494 e. The van der Waals surface area contributed by atoms with E-state index in [2.05, 4.69) is 10.3 Å². The van der Waals surface area contributed by atoms with Crippen molar-refractivity contribution in [2.24, 2.45) is 10.3 Å². The summed E-state index contributed by atoms with van der Waals surface area (Å²) in [5, 5.41) is 20.0. The molecule has 2 aromatic rings. The Morgan fingerprint density at radius 2 is 1.84 bits per heavy atom. The van der Waals surface area contributed by atoms with Gasteiger partial charge in [0.05, 0.1) is 28.7 Å². The maximum absolute atomic E-state index is 11.0. The van der Waals surface area contributed by atoms with Crippen LogP contribution in [0, 0.1) is 10.1 Å². The highest BCUT2D eigenvalue weighted by atomic mass is 32.2. The fourth-order valence-corrected chi connectivity index (χ4v) is 2.34. The molecule has 0 aliphatic heterocycles. The minimum atomic E-state index is -4.26. The van der Waals surface area contributed by atoms with Crippen molar-refractivity contribution in [3.8, 4) is 5.75 Å². The van der Waals surface area contributed by atoms with Gasteiger partial charge >= 0.3 is 0 Å². The lowest BCUT2D eigenvalue weighted by Gasteiger charge is -2.12. The number of hydrogen-bond donors (Lipinski definition) is 1. The van der Waals surface area contributed by atoms with Crippen LogP contribution in [-0.4, -0.2) is 32.1 Å². The highest BCUT2D eigenvalue weighted by Crippen LogP contribution is 2.32. The molecule has 0 spiro atoms. The van der Waals surface area contributed by atoms with Gasteiger partial charge in [0.15, 0.2) is 5.75 Å². The Kier molecular flexibility index (Phi) is 5.29.